The number of anilines is 1. The smallest absolute Gasteiger partial charge is 0.361 e. The number of nitrogens with zero attached hydrogens (tertiary/aromatic N) is 7. The van der Waals surface area contributed by atoms with Crippen LogP contribution in [0, 0.1) is 10.8 Å². The van der Waals surface area contributed by atoms with Gasteiger partial charge in [-0.1, -0.05) is 5.11 Å². The number of hydrogen-bond donors (Lipinski definition) is 1. The number of rotatable bonds is 14. The van der Waals surface area contributed by atoms with Gasteiger partial charge in [-0.15, -0.1) is 0 Å². The molecule has 17 heteroatoms. The fourth-order valence-corrected chi connectivity index (χ4v) is 3.84. The van der Waals surface area contributed by atoms with Gasteiger partial charge in [0.1, 0.15) is 18.2 Å². The van der Waals surface area contributed by atoms with Crippen molar-refractivity contribution < 1.29 is 37.4 Å². The molecule has 0 saturated carbocycles. The number of aromatic nitrogens is 4. The van der Waals surface area contributed by atoms with Gasteiger partial charge in [0.25, 0.3) is 0 Å². The van der Waals surface area contributed by atoms with Gasteiger partial charge >= 0.3 is 19.5 Å². The Balaban J connectivity index is 2.13. The first-order valence-corrected chi connectivity index (χ1v) is 13.6. The summed E-state index contributed by atoms with van der Waals surface area (Å²) in [5.41, 5.74) is 13.7. The van der Waals surface area contributed by atoms with Crippen LogP contribution in [0.15, 0.2) is 17.8 Å². The Labute approximate surface area is 225 Å². The molecular weight excluding hydrogens is 535 g/mol. The summed E-state index contributed by atoms with van der Waals surface area (Å²) in [6.45, 7) is 8.61. The molecule has 0 radical (unpaired) electrons. The van der Waals surface area contributed by atoms with Crippen molar-refractivity contribution in [2.75, 3.05) is 38.8 Å². The predicted octanol–water partition coefficient (Wildman–Crippen LogP) is 3.94. The van der Waals surface area contributed by atoms with Gasteiger partial charge in [0.2, 0.25) is 13.6 Å². The number of hydrogen-bond acceptors (Lipinski definition) is 13. The van der Waals surface area contributed by atoms with Gasteiger partial charge in [-0.05, 0) is 53.5 Å². The van der Waals surface area contributed by atoms with E-state index >= 15 is 0 Å². The average molecular weight is 571 g/mol. The van der Waals surface area contributed by atoms with E-state index in [1.807, 2.05) is 0 Å². The highest BCUT2D eigenvalue weighted by Crippen LogP contribution is 2.48. The molecule has 2 aromatic heterocycles. The number of imidazole rings is 1. The van der Waals surface area contributed by atoms with Crippen LogP contribution in [-0.4, -0.2) is 64.5 Å². The Morgan fingerprint density at radius 1 is 1.08 bits per heavy atom. The van der Waals surface area contributed by atoms with Crippen LogP contribution in [0.2, 0.25) is 0 Å². The molecule has 0 spiro atoms. The second kappa shape index (κ2) is 13.7. The van der Waals surface area contributed by atoms with Crippen molar-refractivity contribution in [2.45, 2.75) is 54.0 Å². The van der Waals surface area contributed by atoms with E-state index in [1.165, 1.54) is 12.7 Å². The lowest BCUT2D eigenvalue weighted by Crippen LogP contribution is -2.25. The van der Waals surface area contributed by atoms with Crippen molar-refractivity contribution in [1.82, 2.24) is 19.5 Å². The minimum Gasteiger partial charge on any atom is -0.438 e. The van der Waals surface area contributed by atoms with Gasteiger partial charge in [0.05, 0.1) is 29.8 Å². The third-order valence-electron chi connectivity index (χ3n) is 5.07. The van der Waals surface area contributed by atoms with Gasteiger partial charge in [-0.2, -0.15) is 0 Å². The lowest BCUT2D eigenvalue weighted by Gasteiger charge is -2.23. The summed E-state index contributed by atoms with van der Waals surface area (Å²) in [4.78, 5) is 39.2. The van der Waals surface area contributed by atoms with E-state index in [1.54, 1.807) is 46.1 Å². The van der Waals surface area contributed by atoms with E-state index in [2.05, 4.69) is 25.0 Å². The number of fused-ring (bicyclic) bond motifs is 1. The fourth-order valence-electron chi connectivity index (χ4n) is 2.86. The molecule has 0 aliphatic rings. The molecule has 0 aliphatic carbocycles. The van der Waals surface area contributed by atoms with Gasteiger partial charge in [0.15, 0.2) is 11.5 Å². The number of esters is 2. The first kappa shape index (κ1) is 31.9. The van der Waals surface area contributed by atoms with E-state index in [0.717, 1.165) is 0 Å². The number of azide groups is 1. The van der Waals surface area contributed by atoms with Gasteiger partial charge in [0, 0.05) is 11.5 Å². The summed E-state index contributed by atoms with van der Waals surface area (Å²) < 4.78 is 41.4. The summed E-state index contributed by atoms with van der Waals surface area (Å²) >= 11 is 0. The largest absolute Gasteiger partial charge is 0.438 e. The van der Waals surface area contributed by atoms with Crippen LogP contribution < -0.4 is 5.73 Å². The van der Waals surface area contributed by atoms with Gasteiger partial charge in [-0.25, -0.2) is 15.0 Å². The fraction of sp³-hybridized carbons (Fsp3) is 0.682. The van der Waals surface area contributed by atoms with Crippen LogP contribution in [0.4, 0.5) is 5.82 Å². The molecule has 216 valence electrons. The Hall–Kier alpha value is -3.29. The summed E-state index contributed by atoms with van der Waals surface area (Å²) in [6.07, 6.45) is 2.52. The molecule has 0 amide bonds. The summed E-state index contributed by atoms with van der Waals surface area (Å²) in [6, 6.07) is -0.472. The lowest BCUT2D eigenvalue weighted by atomic mass is 9.98. The van der Waals surface area contributed by atoms with Gasteiger partial charge in [-0.3, -0.25) is 23.2 Å². The minimum absolute atomic E-state index is 0.0589. The van der Waals surface area contributed by atoms with E-state index in [-0.39, 0.29) is 19.0 Å². The first-order chi connectivity index (χ1) is 18.2. The maximum absolute atomic E-state index is 13.4. The highest BCUT2D eigenvalue weighted by molar-refractivity contribution is 7.53. The second-order valence-electron chi connectivity index (χ2n) is 10.4. The summed E-state index contributed by atoms with van der Waals surface area (Å²) in [5, 5.41) is 3.56. The molecule has 2 rings (SSSR count). The number of nitrogen functional groups attached to an aromatic ring is 1. The molecule has 1 unspecified atom stereocenters. The zero-order valence-corrected chi connectivity index (χ0v) is 23.8. The minimum atomic E-state index is -4.09. The van der Waals surface area contributed by atoms with Crippen LogP contribution >= 0.6 is 7.60 Å². The monoisotopic (exact) mass is 570 g/mol. The lowest BCUT2D eigenvalue weighted by molar-refractivity contribution is -0.162. The first-order valence-electron chi connectivity index (χ1n) is 11.9. The molecule has 0 fully saturated rings. The standard InChI is InChI=1S/C22H35N8O8P/c1-21(2,3)19(31)35-12-37-39(33,38-13-36-20(32)22(4,5)6)14-34-9-15(7-8-28-29-24)30-11-27-16-17(23)25-10-26-18(16)30/h10-11,15H,7-9,12-14H2,1-6H3,(H2,23,25,26). The Morgan fingerprint density at radius 3 is 2.21 bits per heavy atom. The van der Waals surface area contributed by atoms with E-state index in [4.69, 9.17) is 34.5 Å². The molecule has 2 heterocycles. The topological polar surface area (TPSA) is 216 Å². The van der Waals surface area contributed by atoms with Crippen LogP contribution in [-0.2, 0) is 37.4 Å². The predicted molar refractivity (Wildman–Crippen MR) is 139 cm³/mol. The number of ether oxygens (including phenoxy) is 3. The maximum atomic E-state index is 13.4. The molecular formula is C22H35N8O8P. The van der Waals surface area contributed by atoms with E-state index in [0.29, 0.717) is 17.6 Å². The van der Waals surface area contributed by atoms with Crippen LogP contribution in [0.3, 0.4) is 0 Å². The van der Waals surface area contributed by atoms with Crippen LogP contribution in [0.1, 0.15) is 54.0 Å². The third-order valence-corrected chi connectivity index (χ3v) is 6.57. The molecule has 2 N–H and O–H groups in total. The Morgan fingerprint density at radius 2 is 1.67 bits per heavy atom. The average Bonchev–Trinajstić information content (AvgIpc) is 3.27. The van der Waals surface area contributed by atoms with E-state index in [9.17, 15) is 14.2 Å². The van der Waals surface area contributed by atoms with Crippen molar-refractivity contribution >= 4 is 36.5 Å². The van der Waals surface area contributed by atoms with Crippen molar-refractivity contribution in [3.8, 4) is 0 Å². The number of carbonyl (C=O) groups excluding carboxylic acids is 2. The highest BCUT2D eigenvalue weighted by atomic mass is 31.2. The van der Waals surface area contributed by atoms with Crippen LogP contribution in [0.25, 0.3) is 21.6 Å². The SMILES string of the molecule is CC(C)(C)C(=O)OCOP(=O)(COCC(CCN=[N+]=[N-])n1cnc2c(N)ncnc21)OCOC(=O)C(C)(C)C. The second-order valence-corrected chi connectivity index (χ2v) is 12.4. The molecule has 0 bridgehead atoms. The molecule has 0 saturated heterocycles. The van der Waals surface area contributed by atoms with Crippen molar-refractivity contribution in [2.24, 2.45) is 15.9 Å². The molecule has 39 heavy (non-hydrogen) atoms. The number of carbonyl (C=O) groups is 2. The summed E-state index contributed by atoms with van der Waals surface area (Å²) in [5.74, 6) is -0.977. The Bertz CT molecular complexity index is 1200. The van der Waals surface area contributed by atoms with E-state index < -0.39 is 56.3 Å². The zero-order chi connectivity index (χ0) is 29.3. The summed E-state index contributed by atoms with van der Waals surface area (Å²) in [7, 11) is -4.09. The highest BCUT2D eigenvalue weighted by Gasteiger charge is 2.31. The molecule has 2 aromatic rings. The number of nitrogens with two attached hydrogens (primary N) is 1. The molecule has 0 aromatic carbocycles. The van der Waals surface area contributed by atoms with Crippen molar-refractivity contribution in [3.63, 3.8) is 0 Å². The third kappa shape index (κ3) is 9.75. The molecule has 1 atom stereocenters. The maximum Gasteiger partial charge on any atom is 0.361 e. The van der Waals surface area contributed by atoms with Crippen molar-refractivity contribution in [1.29, 1.82) is 0 Å². The quantitative estimate of drug-likeness (QED) is 0.0853. The molecule has 0 aliphatic heterocycles. The Kier molecular flexibility index (Phi) is 11.2. The van der Waals surface area contributed by atoms with Crippen LogP contribution in [0.5, 0.6) is 0 Å². The zero-order valence-electron chi connectivity index (χ0n) is 22.9. The molecule has 16 nitrogen and oxygen atoms in total. The van der Waals surface area contributed by atoms with Crippen molar-refractivity contribution in [3.05, 3.63) is 23.1 Å². The van der Waals surface area contributed by atoms with Gasteiger partial charge < -0.3 is 24.5 Å². The normalized spacial score (nSPS) is 13.1.